The van der Waals surface area contributed by atoms with Crippen molar-refractivity contribution in [3.8, 4) is 0 Å². The lowest BCUT2D eigenvalue weighted by Gasteiger charge is -2.19. The Hall–Kier alpha value is -2.64. The third kappa shape index (κ3) is 3.23. The summed E-state index contributed by atoms with van der Waals surface area (Å²) in [6, 6.07) is 0. The van der Waals surface area contributed by atoms with Crippen LogP contribution in [0.4, 0.5) is 11.8 Å². The Morgan fingerprint density at radius 1 is 1.50 bits per heavy atom. The molecule has 2 aromatic rings. The molecule has 1 saturated heterocycles. The van der Waals surface area contributed by atoms with E-state index in [4.69, 9.17) is 4.74 Å². The Morgan fingerprint density at radius 2 is 2.23 bits per heavy atom. The van der Waals surface area contributed by atoms with Gasteiger partial charge in [-0.15, -0.1) is 0 Å². The number of nitrogens with zero attached hydrogens (tertiary/aromatic N) is 5. The highest BCUT2D eigenvalue weighted by Crippen LogP contribution is 2.37. The van der Waals surface area contributed by atoms with Crippen LogP contribution in [0.25, 0.3) is 11.2 Å². The number of hydrogen-bond donors (Lipinski definition) is 1. The van der Waals surface area contributed by atoms with Crippen molar-refractivity contribution in [1.29, 1.82) is 0 Å². The third-order valence-electron chi connectivity index (χ3n) is 4.60. The number of fused-ring (bicyclic) bond motifs is 1. The summed E-state index contributed by atoms with van der Waals surface area (Å²) in [5.74, 6) is 1.69. The number of hydrogen-bond acceptors (Lipinski definition) is 6. The van der Waals surface area contributed by atoms with Gasteiger partial charge in [-0.1, -0.05) is 27.4 Å². The number of nitrogens with one attached hydrogen (secondary N) is 1. The van der Waals surface area contributed by atoms with Crippen LogP contribution in [0.2, 0.25) is 0 Å². The fraction of sp³-hybridized carbons (Fsp3) is 0.556. The second-order valence-corrected chi connectivity index (χ2v) is 7.08. The number of imidazole rings is 1. The molecule has 0 saturated carbocycles. The van der Waals surface area contributed by atoms with Crippen LogP contribution < -0.4 is 10.2 Å². The van der Waals surface area contributed by atoms with Gasteiger partial charge in [-0.3, -0.25) is 14.7 Å². The smallest absolute Gasteiger partial charge is 0.233 e. The number of amides is 1. The third-order valence-corrected chi connectivity index (χ3v) is 4.60. The largest absolute Gasteiger partial charge is 0.475 e. The van der Waals surface area contributed by atoms with Crippen molar-refractivity contribution in [2.75, 3.05) is 23.8 Å². The summed E-state index contributed by atoms with van der Waals surface area (Å²) in [6.45, 7) is 12.5. The topological polar surface area (TPSA) is 85.2 Å². The number of anilines is 2. The average molecular weight is 358 g/mol. The number of carbonyl (C=O) groups is 1. The van der Waals surface area contributed by atoms with Crippen molar-refractivity contribution < 1.29 is 9.53 Å². The van der Waals surface area contributed by atoms with E-state index in [0.717, 1.165) is 18.7 Å². The van der Waals surface area contributed by atoms with E-state index < -0.39 is 0 Å². The van der Waals surface area contributed by atoms with Crippen LogP contribution in [-0.2, 0) is 9.53 Å². The maximum atomic E-state index is 12.1. The van der Waals surface area contributed by atoms with E-state index in [9.17, 15) is 4.79 Å². The molecule has 0 spiro atoms. The quantitative estimate of drug-likeness (QED) is 0.884. The molecule has 0 aromatic carbocycles. The van der Waals surface area contributed by atoms with E-state index in [1.165, 1.54) is 0 Å². The van der Waals surface area contributed by atoms with Gasteiger partial charge in [0.15, 0.2) is 23.2 Å². The van der Waals surface area contributed by atoms with Gasteiger partial charge in [-0.25, -0.2) is 4.98 Å². The lowest BCUT2D eigenvalue weighted by molar-refractivity contribution is -0.118. The van der Waals surface area contributed by atoms with Gasteiger partial charge in [0.25, 0.3) is 0 Å². The molecule has 1 aliphatic heterocycles. The fourth-order valence-electron chi connectivity index (χ4n) is 2.94. The Bertz CT molecular complexity index is 844. The minimum Gasteiger partial charge on any atom is -0.475 e. The van der Waals surface area contributed by atoms with Gasteiger partial charge in [0.2, 0.25) is 11.9 Å². The Labute approximate surface area is 153 Å². The number of allylic oxidation sites excluding steroid dienone is 1. The van der Waals surface area contributed by atoms with Gasteiger partial charge in [0, 0.05) is 31.8 Å². The normalized spacial score (nSPS) is 19.8. The molecule has 1 amide bonds. The van der Waals surface area contributed by atoms with Crippen molar-refractivity contribution in [3.05, 3.63) is 18.7 Å². The maximum absolute atomic E-state index is 12.1. The summed E-state index contributed by atoms with van der Waals surface area (Å²) in [6.07, 6.45) is 2.31. The maximum Gasteiger partial charge on any atom is 0.233 e. The fourth-order valence-corrected chi connectivity index (χ4v) is 2.94. The van der Waals surface area contributed by atoms with E-state index in [0.29, 0.717) is 17.0 Å². The van der Waals surface area contributed by atoms with Crippen LogP contribution in [-0.4, -0.2) is 39.0 Å². The van der Waals surface area contributed by atoms with Crippen molar-refractivity contribution >= 4 is 28.8 Å². The summed E-state index contributed by atoms with van der Waals surface area (Å²) >= 11 is 0. The van der Waals surface area contributed by atoms with Gasteiger partial charge >= 0.3 is 0 Å². The van der Waals surface area contributed by atoms with Crippen LogP contribution in [0.15, 0.2) is 18.7 Å². The second-order valence-electron chi connectivity index (χ2n) is 7.08. The van der Waals surface area contributed by atoms with Crippen LogP contribution in [0.1, 0.15) is 40.3 Å². The molecular weight excluding hydrogens is 332 g/mol. The zero-order chi connectivity index (χ0) is 19.0. The van der Waals surface area contributed by atoms with Crippen molar-refractivity contribution in [2.24, 2.45) is 11.8 Å². The molecule has 3 rings (SSSR count). The van der Waals surface area contributed by atoms with Crippen molar-refractivity contribution in [2.45, 2.75) is 40.3 Å². The molecule has 1 fully saturated rings. The monoisotopic (exact) mass is 358 g/mol. The lowest BCUT2D eigenvalue weighted by Crippen LogP contribution is -2.23. The van der Waals surface area contributed by atoms with Crippen molar-refractivity contribution in [1.82, 2.24) is 19.5 Å². The SMILES string of the molecule is C=C1C[C@H](C)[C@H](n2cnc3c(N(C)CC)nc(NC(=O)C(C)C)nc32)O1. The first-order chi connectivity index (χ1) is 12.3. The standard InChI is InChI=1S/C18H26N6O2/c1-7-23(6)14-13-15(21-18(20-14)22-16(25)10(2)3)24(9-19-13)17-11(4)8-12(5)26-17/h9-11,17H,5,7-8H2,1-4,6H3,(H,20,21,22,25)/t11-,17+/m0/s1. The zero-order valence-electron chi connectivity index (χ0n) is 16.0. The Morgan fingerprint density at radius 3 is 2.81 bits per heavy atom. The van der Waals surface area contributed by atoms with Gasteiger partial charge in [0.05, 0.1) is 5.76 Å². The molecule has 0 radical (unpaired) electrons. The summed E-state index contributed by atoms with van der Waals surface area (Å²) < 4.78 is 7.78. The average Bonchev–Trinajstić information content (AvgIpc) is 3.15. The Balaban J connectivity index is 2.11. The van der Waals surface area contributed by atoms with E-state index in [1.54, 1.807) is 6.33 Å². The molecular formula is C18H26N6O2. The highest BCUT2D eigenvalue weighted by Gasteiger charge is 2.31. The summed E-state index contributed by atoms with van der Waals surface area (Å²) in [5.41, 5.74) is 1.33. The summed E-state index contributed by atoms with van der Waals surface area (Å²) in [7, 11) is 1.94. The highest BCUT2D eigenvalue weighted by atomic mass is 16.5. The lowest BCUT2D eigenvalue weighted by atomic mass is 10.1. The summed E-state index contributed by atoms with van der Waals surface area (Å²) in [5, 5.41) is 2.79. The van der Waals surface area contributed by atoms with Gasteiger partial charge in [-0.05, 0) is 6.92 Å². The highest BCUT2D eigenvalue weighted by molar-refractivity contribution is 5.92. The first kappa shape index (κ1) is 18.2. The van der Waals surface area contributed by atoms with Crippen LogP contribution in [0.3, 0.4) is 0 Å². The van der Waals surface area contributed by atoms with E-state index in [-0.39, 0.29) is 29.9 Å². The van der Waals surface area contributed by atoms with Crippen LogP contribution in [0, 0.1) is 11.8 Å². The van der Waals surface area contributed by atoms with E-state index in [2.05, 4.69) is 33.8 Å². The molecule has 1 N–H and O–H groups in total. The molecule has 2 aromatic heterocycles. The Kier molecular flexibility index (Phi) is 4.84. The number of rotatable bonds is 5. The molecule has 26 heavy (non-hydrogen) atoms. The molecule has 3 heterocycles. The molecule has 0 aliphatic carbocycles. The molecule has 0 unspecified atom stereocenters. The number of aromatic nitrogens is 4. The molecule has 8 heteroatoms. The predicted molar refractivity (Wildman–Crippen MR) is 101 cm³/mol. The number of ether oxygens (including phenoxy) is 1. The van der Waals surface area contributed by atoms with Gasteiger partial charge in [0.1, 0.15) is 6.33 Å². The second kappa shape index (κ2) is 6.93. The van der Waals surface area contributed by atoms with Crippen molar-refractivity contribution in [3.63, 3.8) is 0 Å². The van der Waals surface area contributed by atoms with Crippen LogP contribution >= 0.6 is 0 Å². The van der Waals surface area contributed by atoms with Gasteiger partial charge in [-0.2, -0.15) is 9.97 Å². The summed E-state index contributed by atoms with van der Waals surface area (Å²) in [4.78, 5) is 27.7. The predicted octanol–water partition coefficient (Wildman–Crippen LogP) is 2.95. The number of carbonyl (C=O) groups excluding carboxylic acids is 1. The molecule has 2 atom stereocenters. The molecule has 140 valence electrons. The van der Waals surface area contributed by atoms with E-state index >= 15 is 0 Å². The van der Waals surface area contributed by atoms with Crippen LogP contribution in [0.5, 0.6) is 0 Å². The molecule has 8 nitrogen and oxygen atoms in total. The first-order valence-electron chi connectivity index (χ1n) is 8.92. The van der Waals surface area contributed by atoms with Gasteiger partial charge < -0.3 is 9.64 Å². The molecule has 0 bridgehead atoms. The first-order valence-corrected chi connectivity index (χ1v) is 8.92. The minimum absolute atomic E-state index is 0.126. The molecule has 1 aliphatic rings. The van der Waals surface area contributed by atoms with E-state index in [1.807, 2.05) is 37.3 Å². The zero-order valence-corrected chi connectivity index (χ0v) is 16.0. The minimum atomic E-state index is -0.212.